The first-order chi connectivity index (χ1) is 14.6. The number of nitrogens with zero attached hydrogens (tertiary/aromatic N) is 3. The summed E-state index contributed by atoms with van der Waals surface area (Å²) in [6.07, 6.45) is 9.65. The number of H-pyrrole nitrogens is 1. The molecule has 5 heteroatoms. The smallest absolute Gasteiger partial charge is 0.229 e. The molecule has 30 heavy (non-hydrogen) atoms. The highest BCUT2D eigenvalue weighted by Crippen LogP contribution is 2.49. The molecule has 1 N–H and O–H groups in total. The molecule has 4 rings (SSSR count). The second-order valence-electron chi connectivity index (χ2n) is 9.42. The van der Waals surface area contributed by atoms with Gasteiger partial charge in [0.15, 0.2) is 0 Å². The summed E-state index contributed by atoms with van der Waals surface area (Å²) in [7, 11) is 2.20. The molecule has 1 saturated heterocycles. The lowest BCUT2D eigenvalue weighted by molar-refractivity contribution is -0.138. The fraction of sp³-hybridized carbons (Fsp3) is 0.600. The highest BCUT2D eigenvalue weighted by atomic mass is 16.2. The predicted octanol–water partition coefficient (Wildman–Crippen LogP) is 4.72. The van der Waals surface area contributed by atoms with E-state index in [-0.39, 0.29) is 5.41 Å². The van der Waals surface area contributed by atoms with E-state index in [1.54, 1.807) is 0 Å². The number of aromatic amines is 1. The molecule has 1 spiro atoms. The average molecular weight is 409 g/mol. The van der Waals surface area contributed by atoms with Crippen LogP contribution in [0.4, 0.5) is 0 Å². The van der Waals surface area contributed by atoms with Crippen molar-refractivity contribution in [1.82, 2.24) is 20.0 Å². The SMILES string of the molecule is CCCCN(C)Cc1cn[nH]c1C1CCC2(CC1)CCN(Cc1ccccc1)C2=O. The van der Waals surface area contributed by atoms with Crippen LogP contribution in [0, 0.1) is 5.41 Å². The first-order valence-corrected chi connectivity index (χ1v) is 11.7. The Hall–Kier alpha value is -2.14. The summed E-state index contributed by atoms with van der Waals surface area (Å²) >= 11 is 0. The van der Waals surface area contributed by atoms with E-state index in [0.29, 0.717) is 11.8 Å². The maximum absolute atomic E-state index is 13.3. The van der Waals surface area contributed by atoms with E-state index in [1.165, 1.54) is 29.7 Å². The van der Waals surface area contributed by atoms with Crippen LogP contribution in [0.15, 0.2) is 36.5 Å². The number of benzene rings is 1. The van der Waals surface area contributed by atoms with Crippen LogP contribution in [-0.4, -0.2) is 46.0 Å². The quantitative estimate of drug-likeness (QED) is 0.688. The molecule has 0 unspecified atom stereocenters. The Morgan fingerprint density at radius 2 is 1.97 bits per heavy atom. The molecule has 1 aliphatic carbocycles. The van der Waals surface area contributed by atoms with Crippen LogP contribution in [0.5, 0.6) is 0 Å². The standard InChI is InChI=1S/C25H36N4O/c1-3-4-15-28(2)19-22-17-26-27-23(22)21-10-12-25(13-11-21)14-16-29(24(25)30)18-20-8-6-5-7-9-20/h5-9,17,21H,3-4,10-16,18-19H2,1-2H3,(H,26,27). The van der Waals surface area contributed by atoms with Gasteiger partial charge in [0, 0.05) is 36.8 Å². The molecule has 2 fully saturated rings. The molecular formula is C25H36N4O. The zero-order valence-corrected chi connectivity index (χ0v) is 18.6. The number of nitrogens with one attached hydrogen (secondary N) is 1. The zero-order chi connectivity index (χ0) is 21.0. The number of amides is 1. The monoisotopic (exact) mass is 408 g/mol. The number of unbranched alkanes of at least 4 members (excludes halogenated alkanes) is 1. The summed E-state index contributed by atoms with van der Waals surface area (Å²) < 4.78 is 0. The second-order valence-corrected chi connectivity index (χ2v) is 9.42. The van der Waals surface area contributed by atoms with Crippen molar-refractivity contribution >= 4 is 5.91 Å². The van der Waals surface area contributed by atoms with Crippen LogP contribution in [-0.2, 0) is 17.9 Å². The van der Waals surface area contributed by atoms with E-state index in [0.717, 1.165) is 58.3 Å². The number of carbonyl (C=O) groups is 1. The summed E-state index contributed by atoms with van der Waals surface area (Å²) in [4.78, 5) is 17.8. The fourth-order valence-electron chi connectivity index (χ4n) is 5.37. The highest BCUT2D eigenvalue weighted by Gasteiger charge is 2.48. The highest BCUT2D eigenvalue weighted by molar-refractivity contribution is 5.85. The lowest BCUT2D eigenvalue weighted by Gasteiger charge is -2.36. The normalized spacial score (nSPS) is 24.3. The number of hydrogen-bond donors (Lipinski definition) is 1. The van der Waals surface area contributed by atoms with E-state index in [4.69, 9.17) is 0 Å². The average Bonchev–Trinajstić information content (AvgIpc) is 3.34. The Bertz CT molecular complexity index is 823. The van der Waals surface area contributed by atoms with Gasteiger partial charge in [0.25, 0.3) is 0 Å². The molecule has 1 aromatic heterocycles. The number of aromatic nitrogens is 2. The van der Waals surface area contributed by atoms with E-state index >= 15 is 0 Å². The Morgan fingerprint density at radius 1 is 1.20 bits per heavy atom. The molecule has 1 aromatic carbocycles. The Labute approximate surface area is 180 Å². The molecule has 1 amide bonds. The van der Waals surface area contributed by atoms with Gasteiger partial charge < -0.3 is 9.80 Å². The third-order valence-electron chi connectivity index (χ3n) is 7.25. The molecular weight excluding hydrogens is 372 g/mol. The van der Waals surface area contributed by atoms with Gasteiger partial charge in [-0.15, -0.1) is 0 Å². The molecule has 1 aliphatic heterocycles. The van der Waals surface area contributed by atoms with Gasteiger partial charge in [-0.1, -0.05) is 43.7 Å². The first-order valence-electron chi connectivity index (χ1n) is 11.7. The lowest BCUT2D eigenvalue weighted by Crippen LogP contribution is -2.37. The minimum Gasteiger partial charge on any atom is -0.338 e. The van der Waals surface area contributed by atoms with Crippen LogP contribution in [0.3, 0.4) is 0 Å². The number of likely N-dealkylation sites (tertiary alicyclic amines) is 1. The van der Waals surface area contributed by atoms with E-state index in [2.05, 4.69) is 58.2 Å². The van der Waals surface area contributed by atoms with Crippen molar-refractivity contribution in [3.63, 3.8) is 0 Å². The van der Waals surface area contributed by atoms with Gasteiger partial charge in [0.2, 0.25) is 5.91 Å². The van der Waals surface area contributed by atoms with Crippen molar-refractivity contribution in [3.8, 4) is 0 Å². The van der Waals surface area contributed by atoms with E-state index in [1.807, 2.05) is 12.3 Å². The van der Waals surface area contributed by atoms with Crippen molar-refractivity contribution in [2.75, 3.05) is 20.1 Å². The zero-order valence-electron chi connectivity index (χ0n) is 18.6. The maximum atomic E-state index is 13.3. The Balaban J connectivity index is 1.35. The minimum atomic E-state index is -0.122. The number of carbonyl (C=O) groups excluding carboxylic acids is 1. The summed E-state index contributed by atoms with van der Waals surface area (Å²) in [5.41, 5.74) is 3.74. The molecule has 162 valence electrons. The summed E-state index contributed by atoms with van der Waals surface area (Å²) in [6, 6.07) is 10.4. The van der Waals surface area contributed by atoms with Crippen molar-refractivity contribution in [2.24, 2.45) is 5.41 Å². The van der Waals surface area contributed by atoms with E-state index in [9.17, 15) is 4.79 Å². The first kappa shape index (κ1) is 21.1. The molecule has 2 aliphatic rings. The molecule has 2 aromatic rings. The van der Waals surface area contributed by atoms with Crippen molar-refractivity contribution in [3.05, 3.63) is 53.3 Å². The van der Waals surface area contributed by atoms with E-state index < -0.39 is 0 Å². The van der Waals surface area contributed by atoms with Gasteiger partial charge in [-0.3, -0.25) is 9.89 Å². The van der Waals surface area contributed by atoms with Crippen LogP contribution in [0.1, 0.15) is 74.6 Å². The minimum absolute atomic E-state index is 0.122. The lowest BCUT2D eigenvalue weighted by atomic mass is 9.68. The third kappa shape index (κ3) is 4.46. The third-order valence-corrected chi connectivity index (χ3v) is 7.25. The van der Waals surface area contributed by atoms with Gasteiger partial charge in [-0.05, 0) is 57.7 Å². The summed E-state index contributed by atoms with van der Waals surface area (Å²) in [5, 5.41) is 7.66. The molecule has 1 saturated carbocycles. The topological polar surface area (TPSA) is 52.2 Å². The van der Waals surface area contributed by atoms with Crippen LogP contribution in [0.25, 0.3) is 0 Å². The summed E-state index contributed by atoms with van der Waals surface area (Å²) in [6.45, 7) is 5.97. The second kappa shape index (κ2) is 9.34. The molecule has 0 bridgehead atoms. The van der Waals surface area contributed by atoms with Crippen LogP contribution >= 0.6 is 0 Å². The van der Waals surface area contributed by atoms with Gasteiger partial charge in [-0.25, -0.2) is 0 Å². The maximum Gasteiger partial charge on any atom is 0.229 e. The van der Waals surface area contributed by atoms with Crippen molar-refractivity contribution in [2.45, 2.75) is 70.9 Å². The van der Waals surface area contributed by atoms with Gasteiger partial charge in [0.05, 0.1) is 11.6 Å². The Morgan fingerprint density at radius 3 is 2.70 bits per heavy atom. The van der Waals surface area contributed by atoms with Crippen LogP contribution < -0.4 is 0 Å². The van der Waals surface area contributed by atoms with Gasteiger partial charge in [-0.2, -0.15) is 5.10 Å². The molecule has 0 atom stereocenters. The molecule has 0 radical (unpaired) electrons. The van der Waals surface area contributed by atoms with Gasteiger partial charge >= 0.3 is 0 Å². The largest absolute Gasteiger partial charge is 0.338 e. The summed E-state index contributed by atoms with van der Waals surface area (Å²) in [5.74, 6) is 0.887. The molecule has 2 heterocycles. The van der Waals surface area contributed by atoms with Crippen LogP contribution in [0.2, 0.25) is 0 Å². The number of hydrogen-bond acceptors (Lipinski definition) is 3. The fourth-order valence-corrected chi connectivity index (χ4v) is 5.37. The van der Waals surface area contributed by atoms with Gasteiger partial charge in [0.1, 0.15) is 0 Å². The predicted molar refractivity (Wildman–Crippen MR) is 120 cm³/mol. The number of rotatable bonds is 8. The Kier molecular flexibility index (Phi) is 6.57. The van der Waals surface area contributed by atoms with Crippen molar-refractivity contribution < 1.29 is 4.79 Å². The molecule has 5 nitrogen and oxygen atoms in total. The van der Waals surface area contributed by atoms with Crippen molar-refractivity contribution in [1.29, 1.82) is 0 Å².